The van der Waals surface area contributed by atoms with Crippen LogP contribution in [0.25, 0.3) is 0 Å². The number of ether oxygens (including phenoxy) is 1. The van der Waals surface area contributed by atoms with Gasteiger partial charge in [0.1, 0.15) is 0 Å². The minimum atomic E-state index is -0.906. The summed E-state index contributed by atoms with van der Waals surface area (Å²) in [4.78, 5) is 38.0. The van der Waals surface area contributed by atoms with E-state index >= 15 is 0 Å². The molecule has 140 valence electrons. The molecule has 2 atom stereocenters. The van der Waals surface area contributed by atoms with E-state index in [4.69, 9.17) is 4.74 Å². The van der Waals surface area contributed by atoms with Crippen molar-refractivity contribution >= 4 is 23.5 Å². The molecule has 1 saturated heterocycles. The number of rotatable bonds is 4. The Kier molecular flexibility index (Phi) is 5.88. The number of hydrogen-bond donors (Lipinski definition) is 2. The van der Waals surface area contributed by atoms with Crippen LogP contribution in [-0.2, 0) is 14.3 Å². The summed E-state index contributed by atoms with van der Waals surface area (Å²) >= 11 is 0. The van der Waals surface area contributed by atoms with Gasteiger partial charge in [-0.3, -0.25) is 14.4 Å². The van der Waals surface area contributed by atoms with Crippen molar-refractivity contribution in [3.05, 3.63) is 29.8 Å². The fourth-order valence-electron chi connectivity index (χ4n) is 3.62. The third kappa shape index (κ3) is 4.22. The van der Waals surface area contributed by atoms with Crippen molar-refractivity contribution in [1.82, 2.24) is 4.90 Å². The molecule has 1 saturated carbocycles. The molecule has 1 aromatic carbocycles. The summed E-state index contributed by atoms with van der Waals surface area (Å²) in [5.41, 5.74) is 1.13. The fourth-order valence-corrected chi connectivity index (χ4v) is 3.62. The molecule has 2 unspecified atom stereocenters. The summed E-state index contributed by atoms with van der Waals surface area (Å²) in [6.45, 7) is 2.25. The molecule has 1 aromatic rings. The maximum Gasteiger partial charge on any atom is 0.307 e. The maximum atomic E-state index is 12.5. The lowest BCUT2D eigenvalue weighted by atomic mass is 9.78. The molecule has 2 fully saturated rings. The number of aliphatic carboxylic acids is 1. The zero-order valence-electron chi connectivity index (χ0n) is 14.6. The zero-order chi connectivity index (χ0) is 18.5. The van der Waals surface area contributed by atoms with Crippen molar-refractivity contribution in [1.29, 1.82) is 0 Å². The number of amides is 2. The number of carbonyl (C=O) groups is 3. The number of benzene rings is 1. The summed E-state index contributed by atoms with van der Waals surface area (Å²) in [7, 11) is 0. The van der Waals surface area contributed by atoms with Crippen LogP contribution in [0.2, 0.25) is 0 Å². The van der Waals surface area contributed by atoms with Crippen LogP contribution in [0, 0.1) is 11.8 Å². The average molecular weight is 360 g/mol. The maximum absolute atomic E-state index is 12.5. The molecule has 1 heterocycles. The second-order valence-electron chi connectivity index (χ2n) is 6.81. The van der Waals surface area contributed by atoms with Crippen LogP contribution in [0.3, 0.4) is 0 Å². The predicted molar refractivity (Wildman–Crippen MR) is 94.9 cm³/mol. The second kappa shape index (κ2) is 8.31. The quantitative estimate of drug-likeness (QED) is 0.856. The molecule has 7 heteroatoms. The summed E-state index contributed by atoms with van der Waals surface area (Å²) in [6, 6.07) is 6.74. The minimum Gasteiger partial charge on any atom is -0.481 e. The van der Waals surface area contributed by atoms with Gasteiger partial charge in [0.05, 0.1) is 25.0 Å². The lowest BCUT2D eigenvalue weighted by Crippen LogP contribution is -2.40. The highest BCUT2D eigenvalue weighted by atomic mass is 16.5. The third-order valence-electron chi connectivity index (χ3n) is 5.12. The highest BCUT2D eigenvalue weighted by Crippen LogP contribution is 2.31. The normalized spacial score (nSPS) is 23.3. The van der Waals surface area contributed by atoms with Crippen molar-refractivity contribution in [2.24, 2.45) is 11.8 Å². The van der Waals surface area contributed by atoms with Gasteiger partial charge in [-0.25, -0.2) is 0 Å². The van der Waals surface area contributed by atoms with Crippen molar-refractivity contribution in [3.63, 3.8) is 0 Å². The Bertz CT molecular complexity index is 667. The third-order valence-corrected chi connectivity index (χ3v) is 5.12. The number of nitrogens with zero attached hydrogens (tertiary/aromatic N) is 1. The number of carboxylic acid groups (broad SMARTS) is 1. The highest BCUT2D eigenvalue weighted by Gasteiger charge is 2.35. The smallest absolute Gasteiger partial charge is 0.307 e. The van der Waals surface area contributed by atoms with E-state index in [1.165, 1.54) is 0 Å². The summed E-state index contributed by atoms with van der Waals surface area (Å²) in [5, 5.41) is 12.1. The first kappa shape index (κ1) is 18.4. The highest BCUT2D eigenvalue weighted by molar-refractivity contribution is 5.97. The van der Waals surface area contributed by atoms with Crippen molar-refractivity contribution in [2.45, 2.75) is 25.7 Å². The molecule has 0 bridgehead atoms. The Morgan fingerprint density at radius 1 is 1.00 bits per heavy atom. The van der Waals surface area contributed by atoms with Gasteiger partial charge in [-0.2, -0.15) is 0 Å². The van der Waals surface area contributed by atoms with Gasteiger partial charge in [0.2, 0.25) is 5.91 Å². The van der Waals surface area contributed by atoms with Crippen LogP contribution < -0.4 is 5.32 Å². The zero-order valence-corrected chi connectivity index (χ0v) is 14.6. The minimum absolute atomic E-state index is 0.0515. The van der Waals surface area contributed by atoms with Gasteiger partial charge in [0.15, 0.2) is 0 Å². The summed E-state index contributed by atoms with van der Waals surface area (Å²) < 4.78 is 5.25. The van der Waals surface area contributed by atoms with Crippen LogP contribution in [0.4, 0.5) is 5.69 Å². The number of anilines is 1. The van der Waals surface area contributed by atoms with Crippen LogP contribution in [0.1, 0.15) is 36.0 Å². The number of carboxylic acids is 1. The van der Waals surface area contributed by atoms with E-state index in [-0.39, 0.29) is 11.8 Å². The summed E-state index contributed by atoms with van der Waals surface area (Å²) in [6.07, 6.45) is 2.85. The van der Waals surface area contributed by atoms with Crippen molar-refractivity contribution < 1.29 is 24.2 Å². The molecule has 2 N–H and O–H groups in total. The molecule has 0 aromatic heterocycles. The Balaban J connectivity index is 1.62. The molecule has 2 aliphatic rings. The molecule has 2 amide bonds. The predicted octanol–water partition coefficient (Wildman–Crippen LogP) is 1.99. The van der Waals surface area contributed by atoms with E-state index in [1.807, 2.05) is 0 Å². The van der Waals surface area contributed by atoms with Crippen LogP contribution in [-0.4, -0.2) is 54.1 Å². The second-order valence-corrected chi connectivity index (χ2v) is 6.81. The van der Waals surface area contributed by atoms with Crippen molar-refractivity contribution in [3.8, 4) is 0 Å². The lowest BCUT2D eigenvalue weighted by molar-refractivity contribution is -0.147. The first-order valence-corrected chi connectivity index (χ1v) is 9.07. The van der Waals surface area contributed by atoms with Crippen LogP contribution in [0.5, 0.6) is 0 Å². The Hall–Kier alpha value is -2.41. The van der Waals surface area contributed by atoms with Gasteiger partial charge < -0.3 is 20.1 Å². The van der Waals surface area contributed by atoms with Gasteiger partial charge in [-0.05, 0) is 37.1 Å². The first-order valence-electron chi connectivity index (χ1n) is 9.07. The van der Waals surface area contributed by atoms with Gasteiger partial charge >= 0.3 is 5.97 Å². The molecular weight excluding hydrogens is 336 g/mol. The van der Waals surface area contributed by atoms with Crippen LogP contribution >= 0.6 is 0 Å². The van der Waals surface area contributed by atoms with E-state index in [9.17, 15) is 19.5 Å². The number of carbonyl (C=O) groups excluding carboxylic acids is 2. The Labute approximate surface area is 152 Å². The van der Waals surface area contributed by atoms with E-state index in [0.29, 0.717) is 50.4 Å². The molecule has 26 heavy (non-hydrogen) atoms. The molecule has 0 spiro atoms. The van der Waals surface area contributed by atoms with E-state index in [2.05, 4.69) is 5.32 Å². The van der Waals surface area contributed by atoms with E-state index in [0.717, 1.165) is 12.8 Å². The largest absolute Gasteiger partial charge is 0.481 e. The Morgan fingerprint density at radius 2 is 1.62 bits per heavy atom. The van der Waals surface area contributed by atoms with E-state index in [1.54, 1.807) is 29.2 Å². The van der Waals surface area contributed by atoms with Gasteiger partial charge in [0, 0.05) is 24.3 Å². The molecule has 3 rings (SSSR count). The van der Waals surface area contributed by atoms with E-state index < -0.39 is 17.8 Å². The van der Waals surface area contributed by atoms with Gasteiger partial charge in [-0.15, -0.1) is 0 Å². The van der Waals surface area contributed by atoms with Gasteiger partial charge in [0.25, 0.3) is 5.91 Å². The number of hydrogen-bond acceptors (Lipinski definition) is 4. The molecule has 1 aliphatic carbocycles. The monoisotopic (exact) mass is 360 g/mol. The van der Waals surface area contributed by atoms with Crippen LogP contribution in [0.15, 0.2) is 24.3 Å². The molecule has 7 nitrogen and oxygen atoms in total. The lowest BCUT2D eigenvalue weighted by Gasteiger charge is -2.27. The summed E-state index contributed by atoms with van der Waals surface area (Å²) in [5.74, 6) is -2.34. The molecular formula is C19H24N2O5. The molecule has 0 radical (unpaired) electrons. The fraction of sp³-hybridized carbons (Fsp3) is 0.526. The van der Waals surface area contributed by atoms with Gasteiger partial charge in [-0.1, -0.05) is 12.8 Å². The average Bonchev–Trinajstić information content (AvgIpc) is 2.68. The first-order chi connectivity index (χ1) is 12.6. The van der Waals surface area contributed by atoms with Crippen molar-refractivity contribution in [2.75, 3.05) is 31.6 Å². The number of morpholine rings is 1. The SMILES string of the molecule is O=C(O)C1CCCCC1C(=O)Nc1ccc(C(=O)N2CCOCC2)cc1. The molecule has 1 aliphatic heterocycles. The standard InChI is InChI=1S/C19H24N2O5/c22-17(15-3-1-2-4-16(15)19(24)25)20-14-7-5-13(6-8-14)18(23)21-9-11-26-12-10-21/h5-8,15-16H,1-4,9-12H2,(H,20,22)(H,24,25). The topological polar surface area (TPSA) is 95.9 Å². The Morgan fingerprint density at radius 3 is 2.23 bits per heavy atom. The number of nitrogens with one attached hydrogen (secondary N) is 1.